The minimum atomic E-state index is 1.22. The fourth-order valence-corrected chi connectivity index (χ4v) is 6.55. The molecule has 8 rings (SSSR count). The molecule has 0 aromatic heterocycles. The van der Waals surface area contributed by atoms with Crippen LogP contribution in [0, 0.1) is 0 Å². The summed E-state index contributed by atoms with van der Waals surface area (Å²) >= 11 is 0. The quantitative estimate of drug-likeness (QED) is 0.184. The summed E-state index contributed by atoms with van der Waals surface area (Å²) in [6.07, 6.45) is 0. The van der Waals surface area contributed by atoms with E-state index in [1.54, 1.807) is 0 Å². The molecule has 0 saturated heterocycles. The summed E-state index contributed by atoms with van der Waals surface area (Å²) in [5.41, 5.74) is 12.4. The zero-order valence-corrected chi connectivity index (χ0v) is 24.3. The van der Waals surface area contributed by atoms with E-state index < -0.39 is 0 Å². The maximum absolute atomic E-state index is 2.35. The van der Waals surface area contributed by atoms with E-state index in [2.05, 4.69) is 182 Å². The first kappa shape index (κ1) is 25.9. The van der Waals surface area contributed by atoms with Gasteiger partial charge in [0.2, 0.25) is 0 Å². The molecule has 0 unspecified atom stereocenters. The van der Waals surface area contributed by atoms with Crippen molar-refractivity contribution in [3.05, 3.63) is 182 Å². The Morgan fingerprint density at radius 3 is 0.932 bits per heavy atom. The Balaban J connectivity index is 1.27. The number of fused-ring (bicyclic) bond motifs is 2. The molecule has 0 heterocycles. The van der Waals surface area contributed by atoms with Crippen molar-refractivity contribution >= 4 is 21.5 Å². The van der Waals surface area contributed by atoms with Crippen LogP contribution in [-0.4, -0.2) is 0 Å². The van der Waals surface area contributed by atoms with Crippen LogP contribution in [-0.2, 0) is 0 Å². The van der Waals surface area contributed by atoms with Crippen molar-refractivity contribution in [1.29, 1.82) is 0 Å². The first-order valence-corrected chi connectivity index (χ1v) is 15.2. The average Bonchev–Trinajstić information content (AvgIpc) is 3.11. The molecule has 0 N–H and O–H groups in total. The minimum absolute atomic E-state index is 1.22. The molecular weight excluding hydrogens is 528 g/mol. The third kappa shape index (κ3) is 4.68. The van der Waals surface area contributed by atoms with Crippen LogP contribution in [0.4, 0.5) is 0 Å². The Morgan fingerprint density at radius 2 is 0.477 bits per heavy atom. The molecule has 0 radical (unpaired) electrons. The molecule has 0 aliphatic rings. The smallest absolute Gasteiger partial charge is 0.00262 e. The van der Waals surface area contributed by atoms with Crippen LogP contribution in [0.3, 0.4) is 0 Å². The Kier molecular flexibility index (Phi) is 6.59. The second kappa shape index (κ2) is 11.2. The lowest BCUT2D eigenvalue weighted by molar-refractivity contribution is 1.58. The summed E-state index contributed by atoms with van der Waals surface area (Å²) in [6.45, 7) is 0. The Labute approximate surface area is 258 Å². The molecule has 8 aromatic rings. The monoisotopic (exact) mass is 558 g/mol. The van der Waals surface area contributed by atoms with E-state index in [1.807, 2.05) is 0 Å². The molecule has 0 aliphatic heterocycles. The van der Waals surface area contributed by atoms with Crippen molar-refractivity contribution in [2.24, 2.45) is 0 Å². The van der Waals surface area contributed by atoms with Crippen LogP contribution < -0.4 is 0 Å². The highest BCUT2D eigenvalue weighted by Gasteiger charge is 2.17. The summed E-state index contributed by atoms with van der Waals surface area (Å²) in [6, 6.07) is 65.9. The van der Waals surface area contributed by atoms with Gasteiger partial charge in [0, 0.05) is 0 Å². The molecule has 0 bridgehead atoms. The van der Waals surface area contributed by atoms with E-state index in [-0.39, 0.29) is 0 Å². The molecule has 206 valence electrons. The van der Waals surface area contributed by atoms with Gasteiger partial charge in [-0.05, 0) is 83.2 Å². The fraction of sp³-hybridized carbons (Fsp3) is 0. The average molecular weight is 559 g/mol. The van der Waals surface area contributed by atoms with Gasteiger partial charge in [0.05, 0.1) is 0 Å². The van der Waals surface area contributed by atoms with Crippen LogP contribution in [0.25, 0.3) is 77.2 Å². The minimum Gasteiger partial charge on any atom is -0.0622 e. The SMILES string of the molecule is c1ccc(-c2ccc(-c3cccc(-c4c5ccccc5c(-c5ccc(-c6ccccc6)cc5)c5ccccc45)c3)cc2)cc1. The van der Waals surface area contributed by atoms with E-state index in [4.69, 9.17) is 0 Å². The molecule has 0 saturated carbocycles. The van der Waals surface area contributed by atoms with Gasteiger partial charge in [-0.25, -0.2) is 0 Å². The van der Waals surface area contributed by atoms with Gasteiger partial charge >= 0.3 is 0 Å². The number of hydrogen-bond acceptors (Lipinski definition) is 0. The summed E-state index contributed by atoms with van der Waals surface area (Å²) in [5, 5.41) is 5.08. The molecular formula is C44H30. The highest BCUT2D eigenvalue weighted by Crippen LogP contribution is 2.44. The van der Waals surface area contributed by atoms with Crippen molar-refractivity contribution in [1.82, 2.24) is 0 Å². The van der Waals surface area contributed by atoms with Crippen molar-refractivity contribution in [2.45, 2.75) is 0 Å². The molecule has 0 atom stereocenters. The molecule has 0 fully saturated rings. The normalized spacial score (nSPS) is 11.2. The predicted octanol–water partition coefficient (Wildman–Crippen LogP) is 12.3. The van der Waals surface area contributed by atoms with Crippen molar-refractivity contribution in [2.75, 3.05) is 0 Å². The predicted molar refractivity (Wildman–Crippen MR) is 189 cm³/mol. The second-order valence-corrected chi connectivity index (χ2v) is 11.3. The van der Waals surface area contributed by atoms with Gasteiger partial charge in [-0.1, -0.05) is 176 Å². The molecule has 44 heavy (non-hydrogen) atoms. The Morgan fingerprint density at radius 1 is 0.182 bits per heavy atom. The first-order chi connectivity index (χ1) is 21.8. The van der Waals surface area contributed by atoms with Crippen LogP contribution in [0.2, 0.25) is 0 Å². The van der Waals surface area contributed by atoms with Crippen LogP contribution in [0.5, 0.6) is 0 Å². The summed E-state index contributed by atoms with van der Waals surface area (Å²) in [5.74, 6) is 0. The van der Waals surface area contributed by atoms with Gasteiger partial charge in [0.25, 0.3) is 0 Å². The number of benzene rings is 8. The van der Waals surface area contributed by atoms with Gasteiger partial charge in [0.15, 0.2) is 0 Å². The zero-order valence-electron chi connectivity index (χ0n) is 24.3. The third-order valence-corrected chi connectivity index (χ3v) is 8.69. The van der Waals surface area contributed by atoms with Crippen LogP contribution >= 0.6 is 0 Å². The molecule has 0 amide bonds. The van der Waals surface area contributed by atoms with Crippen LogP contribution in [0.1, 0.15) is 0 Å². The summed E-state index contributed by atoms with van der Waals surface area (Å²) < 4.78 is 0. The summed E-state index contributed by atoms with van der Waals surface area (Å²) in [4.78, 5) is 0. The first-order valence-electron chi connectivity index (χ1n) is 15.2. The lowest BCUT2D eigenvalue weighted by atomic mass is 9.85. The van der Waals surface area contributed by atoms with E-state index in [1.165, 1.54) is 77.2 Å². The molecule has 8 aromatic carbocycles. The number of hydrogen-bond donors (Lipinski definition) is 0. The maximum Gasteiger partial charge on any atom is -0.00262 e. The van der Waals surface area contributed by atoms with E-state index in [0.29, 0.717) is 0 Å². The highest BCUT2D eigenvalue weighted by molar-refractivity contribution is 6.21. The Hall–Kier alpha value is -5.72. The van der Waals surface area contributed by atoms with Crippen molar-refractivity contribution < 1.29 is 0 Å². The van der Waals surface area contributed by atoms with Gasteiger partial charge in [0.1, 0.15) is 0 Å². The fourth-order valence-electron chi connectivity index (χ4n) is 6.55. The van der Waals surface area contributed by atoms with Crippen molar-refractivity contribution in [3.8, 4) is 55.6 Å². The third-order valence-electron chi connectivity index (χ3n) is 8.69. The Bertz CT molecular complexity index is 2170. The summed E-state index contributed by atoms with van der Waals surface area (Å²) in [7, 11) is 0. The van der Waals surface area contributed by atoms with Crippen molar-refractivity contribution in [3.63, 3.8) is 0 Å². The van der Waals surface area contributed by atoms with E-state index >= 15 is 0 Å². The highest BCUT2D eigenvalue weighted by atomic mass is 14.2. The standard InChI is InChI=1S/C44H30/c1-3-12-31(13-4-1)33-22-24-35(25-23-33)37-16-11-17-38(30-37)44-41-20-9-7-18-39(41)43(40-19-8-10-21-42(40)44)36-28-26-34(27-29-36)32-14-5-2-6-15-32/h1-30H. The largest absolute Gasteiger partial charge is 0.0622 e. The van der Waals surface area contributed by atoms with E-state index in [9.17, 15) is 0 Å². The molecule has 0 aliphatic carbocycles. The lowest BCUT2D eigenvalue weighted by Gasteiger charge is -2.18. The lowest BCUT2D eigenvalue weighted by Crippen LogP contribution is -1.91. The maximum atomic E-state index is 2.35. The van der Waals surface area contributed by atoms with Gasteiger partial charge in [-0.3, -0.25) is 0 Å². The van der Waals surface area contributed by atoms with E-state index in [0.717, 1.165) is 0 Å². The molecule has 0 spiro atoms. The van der Waals surface area contributed by atoms with Gasteiger partial charge in [-0.15, -0.1) is 0 Å². The topological polar surface area (TPSA) is 0 Å². The second-order valence-electron chi connectivity index (χ2n) is 11.3. The van der Waals surface area contributed by atoms with Gasteiger partial charge in [-0.2, -0.15) is 0 Å². The molecule has 0 heteroatoms. The van der Waals surface area contributed by atoms with Gasteiger partial charge < -0.3 is 0 Å². The number of rotatable bonds is 5. The molecule has 0 nitrogen and oxygen atoms in total. The van der Waals surface area contributed by atoms with Crippen LogP contribution in [0.15, 0.2) is 182 Å². The zero-order chi connectivity index (χ0) is 29.3.